The number of fused-ring (bicyclic) bond motifs is 1. The van der Waals surface area contributed by atoms with Crippen molar-refractivity contribution in [3.05, 3.63) is 47.2 Å². The molecule has 5 heteroatoms. The van der Waals surface area contributed by atoms with Crippen LogP contribution in [0.25, 0.3) is 10.5 Å². The number of nitrogen functional groups attached to an aromatic ring is 1. The molecule has 4 nitrogen and oxygen atoms in total. The van der Waals surface area contributed by atoms with E-state index < -0.39 is 0 Å². The highest BCUT2D eigenvalue weighted by Gasteiger charge is 2.07. The van der Waals surface area contributed by atoms with Crippen LogP contribution < -0.4 is 5.73 Å². The Hall–Kier alpha value is -2.01. The first-order valence-corrected chi connectivity index (χ1v) is 6.04. The summed E-state index contributed by atoms with van der Waals surface area (Å²) in [5.74, 6) is 0. The third kappa shape index (κ3) is 1.97. The van der Waals surface area contributed by atoms with Crippen molar-refractivity contribution in [2.75, 3.05) is 5.73 Å². The number of rotatable bonds is 2. The summed E-state index contributed by atoms with van der Waals surface area (Å²) in [4.78, 5) is 13.7. The Bertz CT molecular complexity index is 629. The lowest BCUT2D eigenvalue weighted by Crippen LogP contribution is -1.94. The highest BCUT2D eigenvalue weighted by Crippen LogP contribution is 2.22. The minimum Gasteiger partial charge on any atom is -0.398 e. The van der Waals surface area contributed by atoms with Gasteiger partial charge in [0.25, 0.3) is 0 Å². The highest BCUT2D eigenvalue weighted by molar-refractivity contribution is 7.18. The highest BCUT2D eigenvalue weighted by atomic mass is 32.1. The van der Waals surface area contributed by atoms with Gasteiger partial charge in [-0.1, -0.05) is 29.5 Å². The van der Waals surface area contributed by atoms with Crippen LogP contribution in [0.5, 0.6) is 0 Å². The molecule has 84 valence electrons. The van der Waals surface area contributed by atoms with E-state index in [0.29, 0.717) is 5.65 Å². The maximum absolute atomic E-state index is 5.91. The maximum Gasteiger partial charge on any atom is 0.189 e. The summed E-state index contributed by atoms with van der Waals surface area (Å²) >= 11 is 1.56. The van der Waals surface area contributed by atoms with E-state index in [-0.39, 0.29) is 0 Å². The number of hydrogen-bond donors (Lipinski definition) is 1. The third-order valence-electron chi connectivity index (χ3n) is 2.49. The van der Waals surface area contributed by atoms with Gasteiger partial charge in [0.05, 0.1) is 0 Å². The number of thiazole rings is 1. The normalized spacial score (nSPS) is 10.8. The zero-order valence-electron chi connectivity index (χ0n) is 9.00. The van der Waals surface area contributed by atoms with Crippen molar-refractivity contribution in [1.82, 2.24) is 15.0 Å². The quantitative estimate of drug-likeness (QED) is 0.700. The third-order valence-corrected chi connectivity index (χ3v) is 3.44. The molecule has 0 aliphatic rings. The van der Waals surface area contributed by atoms with Gasteiger partial charge in [-0.2, -0.15) is 0 Å². The van der Waals surface area contributed by atoms with Crippen LogP contribution in [0.4, 0.5) is 5.69 Å². The summed E-state index contributed by atoms with van der Waals surface area (Å²) in [6, 6.07) is 7.83. The van der Waals surface area contributed by atoms with Gasteiger partial charge < -0.3 is 5.73 Å². The maximum atomic E-state index is 5.91. The molecule has 2 aromatic heterocycles. The lowest BCUT2D eigenvalue weighted by molar-refractivity contribution is 1.14. The molecule has 0 atom stereocenters. The van der Waals surface area contributed by atoms with Crippen molar-refractivity contribution in [2.24, 2.45) is 0 Å². The van der Waals surface area contributed by atoms with Gasteiger partial charge in [-0.3, -0.25) is 0 Å². The van der Waals surface area contributed by atoms with Crippen LogP contribution in [0.3, 0.4) is 0 Å². The summed E-state index contributed by atoms with van der Waals surface area (Å²) in [7, 11) is 0. The van der Waals surface area contributed by atoms with Crippen LogP contribution >= 0.6 is 11.3 Å². The van der Waals surface area contributed by atoms with Crippen LogP contribution in [0.2, 0.25) is 0 Å². The predicted octanol–water partition coefficient (Wildman–Crippen LogP) is 2.26. The largest absolute Gasteiger partial charge is 0.398 e. The second kappa shape index (κ2) is 4.10. The van der Waals surface area contributed by atoms with Crippen molar-refractivity contribution in [3.63, 3.8) is 0 Å². The van der Waals surface area contributed by atoms with E-state index >= 15 is 0 Å². The van der Waals surface area contributed by atoms with E-state index in [0.717, 1.165) is 27.5 Å². The van der Waals surface area contributed by atoms with Crippen LogP contribution in [0.15, 0.2) is 36.7 Å². The monoisotopic (exact) mass is 242 g/mol. The van der Waals surface area contributed by atoms with Crippen LogP contribution in [0, 0.1) is 0 Å². The molecule has 17 heavy (non-hydrogen) atoms. The zero-order valence-corrected chi connectivity index (χ0v) is 9.81. The lowest BCUT2D eigenvalue weighted by Gasteiger charge is -2.01. The first-order valence-electron chi connectivity index (χ1n) is 5.23. The molecule has 0 aliphatic carbocycles. The van der Waals surface area contributed by atoms with Gasteiger partial charge >= 0.3 is 0 Å². The molecule has 2 N–H and O–H groups in total. The van der Waals surface area contributed by atoms with Gasteiger partial charge in [0, 0.05) is 24.5 Å². The minimum absolute atomic E-state index is 0.710. The fourth-order valence-electron chi connectivity index (χ4n) is 1.65. The molecule has 0 fully saturated rings. The molecule has 0 bridgehead atoms. The number of nitrogens with two attached hydrogens (primary N) is 1. The van der Waals surface area contributed by atoms with Gasteiger partial charge in [0.2, 0.25) is 0 Å². The Labute approximate surface area is 102 Å². The van der Waals surface area contributed by atoms with Crippen molar-refractivity contribution >= 4 is 27.5 Å². The molecule has 0 radical (unpaired) electrons. The predicted molar refractivity (Wildman–Crippen MR) is 68.9 cm³/mol. The number of benzene rings is 1. The Morgan fingerprint density at radius 1 is 1.12 bits per heavy atom. The first kappa shape index (κ1) is 10.2. The van der Waals surface area contributed by atoms with Gasteiger partial charge in [0.15, 0.2) is 10.5 Å². The second-order valence-electron chi connectivity index (χ2n) is 3.67. The molecule has 1 aromatic carbocycles. The lowest BCUT2D eigenvalue weighted by atomic mass is 10.1. The average molecular weight is 242 g/mol. The van der Waals surface area contributed by atoms with E-state index in [1.54, 1.807) is 23.7 Å². The van der Waals surface area contributed by atoms with Crippen molar-refractivity contribution in [2.45, 2.75) is 6.42 Å². The SMILES string of the molecule is Nc1ccccc1Cc1nc2nccnc2s1. The molecule has 3 rings (SSSR count). The van der Waals surface area contributed by atoms with E-state index in [4.69, 9.17) is 5.73 Å². The van der Waals surface area contributed by atoms with E-state index in [1.807, 2.05) is 24.3 Å². The van der Waals surface area contributed by atoms with Gasteiger partial charge in [-0.15, -0.1) is 0 Å². The van der Waals surface area contributed by atoms with Gasteiger partial charge in [-0.25, -0.2) is 15.0 Å². The van der Waals surface area contributed by atoms with E-state index in [1.165, 1.54) is 0 Å². The van der Waals surface area contributed by atoms with Crippen LogP contribution in [-0.2, 0) is 6.42 Å². The summed E-state index contributed by atoms with van der Waals surface area (Å²) in [5.41, 5.74) is 8.51. The summed E-state index contributed by atoms with van der Waals surface area (Å²) in [5, 5.41) is 0.990. The number of aromatic nitrogens is 3. The smallest absolute Gasteiger partial charge is 0.189 e. The van der Waals surface area contributed by atoms with Crippen molar-refractivity contribution in [3.8, 4) is 0 Å². The molecule has 0 aliphatic heterocycles. The minimum atomic E-state index is 0.710. The summed E-state index contributed by atoms with van der Waals surface area (Å²) in [6.45, 7) is 0. The van der Waals surface area contributed by atoms with Crippen LogP contribution in [0.1, 0.15) is 10.6 Å². The fourth-order valence-corrected chi connectivity index (χ4v) is 2.54. The Morgan fingerprint density at radius 2 is 1.94 bits per heavy atom. The van der Waals surface area contributed by atoms with Gasteiger partial charge in [0.1, 0.15) is 5.01 Å². The zero-order chi connectivity index (χ0) is 11.7. The molecule has 0 spiro atoms. The average Bonchev–Trinajstić information content (AvgIpc) is 2.74. The van der Waals surface area contributed by atoms with Crippen molar-refractivity contribution < 1.29 is 0 Å². The Balaban J connectivity index is 1.98. The van der Waals surface area contributed by atoms with E-state index in [9.17, 15) is 0 Å². The Morgan fingerprint density at radius 3 is 2.76 bits per heavy atom. The first-order chi connectivity index (χ1) is 8.33. The molecule has 3 aromatic rings. The van der Waals surface area contributed by atoms with E-state index in [2.05, 4.69) is 15.0 Å². The Kier molecular flexibility index (Phi) is 2.45. The number of para-hydroxylation sites is 1. The molecular formula is C12H10N4S. The molecule has 0 amide bonds. The topological polar surface area (TPSA) is 64.7 Å². The number of hydrogen-bond acceptors (Lipinski definition) is 5. The molecule has 0 unspecified atom stereocenters. The standard InChI is InChI=1S/C12H10N4S/c13-9-4-2-1-3-8(9)7-10-16-11-12(17-10)15-6-5-14-11/h1-6H,7,13H2. The summed E-state index contributed by atoms with van der Waals surface area (Å²) in [6.07, 6.45) is 4.07. The summed E-state index contributed by atoms with van der Waals surface area (Å²) < 4.78 is 0. The van der Waals surface area contributed by atoms with Crippen molar-refractivity contribution in [1.29, 1.82) is 0 Å². The molecule has 0 saturated heterocycles. The van der Waals surface area contributed by atoms with Gasteiger partial charge in [-0.05, 0) is 11.6 Å². The molecule has 2 heterocycles. The molecular weight excluding hydrogens is 232 g/mol. The molecule has 0 saturated carbocycles. The van der Waals surface area contributed by atoms with Crippen LogP contribution in [-0.4, -0.2) is 15.0 Å². The fraction of sp³-hybridized carbons (Fsp3) is 0.0833. The second-order valence-corrected chi connectivity index (χ2v) is 4.73. The number of nitrogens with zero attached hydrogens (tertiary/aromatic N) is 3. The number of anilines is 1.